The molecule has 1 fully saturated rings. The Kier molecular flexibility index (Phi) is 2.31. The molecule has 13 heavy (non-hydrogen) atoms. The average molecular weight is 181 g/mol. The summed E-state index contributed by atoms with van der Waals surface area (Å²) in [5.74, 6) is 0.00569. The molecule has 0 aromatic carbocycles. The van der Waals surface area contributed by atoms with Crippen molar-refractivity contribution >= 4 is 5.97 Å². The van der Waals surface area contributed by atoms with E-state index in [4.69, 9.17) is 9.15 Å². The van der Waals surface area contributed by atoms with E-state index in [1.807, 2.05) is 0 Å². The first-order valence-corrected chi connectivity index (χ1v) is 4.35. The predicted molar refractivity (Wildman–Crippen MR) is 45.4 cm³/mol. The normalized spacial score (nSPS) is 21.7. The highest BCUT2D eigenvalue weighted by Crippen LogP contribution is 2.13. The van der Waals surface area contributed by atoms with Gasteiger partial charge in [-0.1, -0.05) is 0 Å². The summed E-state index contributed by atoms with van der Waals surface area (Å²) in [6, 6.07) is 3.14. The summed E-state index contributed by atoms with van der Waals surface area (Å²) in [6.45, 7) is 0.887. The molecule has 1 aromatic heterocycles. The molecule has 4 heteroatoms. The molecule has 0 radical (unpaired) electrons. The van der Waals surface area contributed by atoms with Gasteiger partial charge in [-0.05, 0) is 25.5 Å². The van der Waals surface area contributed by atoms with E-state index in [9.17, 15) is 4.79 Å². The number of rotatable bonds is 2. The van der Waals surface area contributed by atoms with E-state index >= 15 is 0 Å². The molecule has 4 nitrogen and oxygen atoms in total. The molecule has 70 valence electrons. The fourth-order valence-corrected chi connectivity index (χ4v) is 1.38. The van der Waals surface area contributed by atoms with E-state index in [1.54, 1.807) is 12.1 Å². The standard InChI is InChI=1S/C9H11NO3/c11-9(7-3-1-5-10-7)13-8-4-2-6-12-8/h2,4,6-7,10H,1,3,5H2/t7-/m0/s1. The van der Waals surface area contributed by atoms with Gasteiger partial charge in [-0.2, -0.15) is 0 Å². The highest BCUT2D eigenvalue weighted by atomic mass is 16.6. The number of nitrogens with one attached hydrogen (secondary N) is 1. The van der Waals surface area contributed by atoms with E-state index in [1.165, 1.54) is 6.26 Å². The van der Waals surface area contributed by atoms with Crippen molar-refractivity contribution in [1.29, 1.82) is 0 Å². The molecule has 1 saturated heterocycles. The Bertz CT molecular complexity index is 275. The molecule has 2 rings (SSSR count). The molecule has 1 aromatic rings. The van der Waals surface area contributed by atoms with Gasteiger partial charge in [-0.25, -0.2) is 4.79 Å². The zero-order valence-corrected chi connectivity index (χ0v) is 7.16. The number of ether oxygens (including phenoxy) is 1. The van der Waals surface area contributed by atoms with Crippen LogP contribution >= 0.6 is 0 Å². The minimum atomic E-state index is -0.257. The van der Waals surface area contributed by atoms with Crippen LogP contribution in [0, 0.1) is 0 Å². The van der Waals surface area contributed by atoms with Gasteiger partial charge in [0.25, 0.3) is 5.95 Å². The summed E-state index contributed by atoms with van der Waals surface area (Å²) in [6.07, 6.45) is 3.35. The molecule has 1 atom stereocenters. The minimum absolute atomic E-state index is 0.162. The van der Waals surface area contributed by atoms with Gasteiger partial charge in [-0.3, -0.25) is 0 Å². The summed E-state index contributed by atoms with van der Waals surface area (Å²) in [5.41, 5.74) is 0. The van der Waals surface area contributed by atoms with Crippen LogP contribution in [0.2, 0.25) is 0 Å². The molecule has 0 saturated carbocycles. The largest absolute Gasteiger partial charge is 0.434 e. The van der Waals surface area contributed by atoms with Crippen molar-refractivity contribution < 1.29 is 13.9 Å². The van der Waals surface area contributed by atoms with Crippen LogP contribution in [0.5, 0.6) is 5.95 Å². The van der Waals surface area contributed by atoms with Crippen molar-refractivity contribution in [2.45, 2.75) is 18.9 Å². The summed E-state index contributed by atoms with van der Waals surface area (Å²) in [5, 5.41) is 3.05. The maximum atomic E-state index is 11.4. The first-order valence-electron chi connectivity index (χ1n) is 4.35. The number of carbonyl (C=O) groups excluding carboxylic acids is 1. The number of furan rings is 1. The van der Waals surface area contributed by atoms with Crippen molar-refractivity contribution in [3.8, 4) is 5.95 Å². The molecule has 1 aliphatic heterocycles. The van der Waals surface area contributed by atoms with Crippen LogP contribution in [0.25, 0.3) is 0 Å². The van der Waals surface area contributed by atoms with Crippen LogP contribution in [-0.4, -0.2) is 18.6 Å². The maximum Gasteiger partial charge on any atom is 0.330 e. The van der Waals surface area contributed by atoms with Gasteiger partial charge in [0.05, 0.1) is 6.26 Å². The monoisotopic (exact) mass is 181 g/mol. The molecule has 1 aliphatic rings. The average Bonchev–Trinajstić information content (AvgIpc) is 2.74. The second kappa shape index (κ2) is 3.62. The molecule has 0 amide bonds. The lowest BCUT2D eigenvalue weighted by molar-refractivity contribution is -0.137. The van der Waals surface area contributed by atoms with Crippen molar-refractivity contribution in [3.05, 3.63) is 18.4 Å². The van der Waals surface area contributed by atoms with Gasteiger partial charge in [0.15, 0.2) is 0 Å². The van der Waals surface area contributed by atoms with Gasteiger partial charge >= 0.3 is 5.97 Å². The van der Waals surface area contributed by atoms with E-state index in [0.717, 1.165) is 19.4 Å². The molecule has 2 heterocycles. The molecular weight excluding hydrogens is 170 g/mol. The van der Waals surface area contributed by atoms with Gasteiger partial charge in [0.2, 0.25) is 0 Å². The van der Waals surface area contributed by atoms with Gasteiger partial charge in [0.1, 0.15) is 6.04 Å². The topological polar surface area (TPSA) is 51.5 Å². The van der Waals surface area contributed by atoms with Crippen LogP contribution < -0.4 is 10.1 Å². The Hall–Kier alpha value is -1.29. The Morgan fingerprint density at radius 2 is 2.62 bits per heavy atom. The number of hydrogen-bond donors (Lipinski definition) is 1. The Balaban J connectivity index is 1.91. The highest BCUT2D eigenvalue weighted by Gasteiger charge is 2.24. The Labute approximate surface area is 75.9 Å². The van der Waals surface area contributed by atoms with Crippen LogP contribution in [0.15, 0.2) is 22.8 Å². The summed E-state index contributed by atoms with van der Waals surface area (Å²) < 4.78 is 9.86. The molecule has 0 unspecified atom stereocenters. The molecule has 0 aliphatic carbocycles. The first kappa shape index (κ1) is 8.31. The lowest BCUT2D eigenvalue weighted by Crippen LogP contribution is -2.34. The highest BCUT2D eigenvalue weighted by molar-refractivity contribution is 5.78. The third-order valence-corrected chi connectivity index (χ3v) is 2.04. The summed E-state index contributed by atoms with van der Waals surface area (Å²) in [7, 11) is 0. The fourth-order valence-electron chi connectivity index (χ4n) is 1.38. The fraction of sp³-hybridized carbons (Fsp3) is 0.444. The van der Waals surface area contributed by atoms with Gasteiger partial charge in [0, 0.05) is 6.07 Å². The van der Waals surface area contributed by atoms with Crippen LogP contribution in [0.1, 0.15) is 12.8 Å². The van der Waals surface area contributed by atoms with Crippen molar-refractivity contribution in [3.63, 3.8) is 0 Å². The quantitative estimate of drug-likeness (QED) is 0.690. The lowest BCUT2D eigenvalue weighted by atomic mass is 10.2. The van der Waals surface area contributed by atoms with Crippen LogP contribution in [-0.2, 0) is 4.79 Å². The SMILES string of the molecule is O=C(Oc1ccco1)[C@@H]1CCCN1. The number of carbonyl (C=O) groups is 1. The molecule has 0 bridgehead atoms. The summed E-state index contributed by atoms with van der Waals surface area (Å²) >= 11 is 0. The summed E-state index contributed by atoms with van der Waals surface area (Å²) in [4.78, 5) is 11.4. The Morgan fingerprint density at radius 3 is 3.23 bits per heavy atom. The van der Waals surface area contributed by atoms with E-state index in [0.29, 0.717) is 0 Å². The van der Waals surface area contributed by atoms with Crippen molar-refractivity contribution in [2.24, 2.45) is 0 Å². The van der Waals surface area contributed by atoms with Crippen LogP contribution in [0.3, 0.4) is 0 Å². The predicted octanol–water partition coefficient (Wildman–Crippen LogP) is 0.937. The second-order valence-corrected chi connectivity index (χ2v) is 3.00. The lowest BCUT2D eigenvalue weighted by Gasteiger charge is -2.06. The molecule has 0 spiro atoms. The van der Waals surface area contributed by atoms with Crippen molar-refractivity contribution in [1.82, 2.24) is 5.32 Å². The third kappa shape index (κ3) is 1.89. The molecular formula is C9H11NO3. The first-order chi connectivity index (χ1) is 6.36. The zero-order valence-electron chi connectivity index (χ0n) is 7.16. The van der Waals surface area contributed by atoms with E-state index in [-0.39, 0.29) is 18.0 Å². The van der Waals surface area contributed by atoms with Crippen molar-refractivity contribution in [2.75, 3.05) is 6.54 Å². The molecule has 1 N–H and O–H groups in total. The smallest absolute Gasteiger partial charge is 0.330 e. The maximum absolute atomic E-state index is 11.4. The van der Waals surface area contributed by atoms with Gasteiger partial charge < -0.3 is 14.5 Å². The second-order valence-electron chi connectivity index (χ2n) is 3.00. The third-order valence-electron chi connectivity index (χ3n) is 2.04. The zero-order chi connectivity index (χ0) is 9.10. The Morgan fingerprint density at radius 1 is 1.69 bits per heavy atom. The van der Waals surface area contributed by atoms with E-state index in [2.05, 4.69) is 5.32 Å². The number of esters is 1. The minimum Gasteiger partial charge on any atom is -0.434 e. The van der Waals surface area contributed by atoms with E-state index < -0.39 is 0 Å². The van der Waals surface area contributed by atoms with Crippen LogP contribution in [0.4, 0.5) is 0 Å². The van der Waals surface area contributed by atoms with Gasteiger partial charge in [-0.15, -0.1) is 0 Å². The number of hydrogen-bond acceptors (Lipinski definition) is 4.